The van der Waals surface area contributed by atoms with E-state index in [9.17, 15) is 4.79 Å². The van der Waals surface area contributed by atoms with E-state index >= 15 is 0 Å². The van der Waals surface area contributed by atoms with Gasteiger partial charge in [-0.2, -0.15) is 0 Å². The summed E-state index contributed by atoms with van der Waals surface area (Å²) in [6, 6.07) is 6.71. The van der Waals surface area contributed by atoms with Crippen LogP contribution >= 0.6 is 0 Å². The van der Waals surface area contributed by atoms with Crippen molar-refractivity contribution in [3.05, 3.63) is 29.8 Å². The molecule has 4 heteroatoms. The van der Waals surface area contributed by atoms with Gasteiger partial charge in [0.2, 0.25) is 0 Å². The average molecular weight is 235 g/mol. The molecular formula is C13H17NO3. The van der Waals surface area contributed by atoms with Gasteiger partial charge >= 0.3 is 5.97 Å². The van der Waals surface area contributed by atoms with Gasteiger partial charge in [0.05, 0.1) is 6.61 Å². The molecule has 1 aromatic rings. The topological polar surface area (TPSA) is 72.5 Å². The van der Waals surface area contributed by atoms with Gasteiger partial charge in [-0.15, -0.1) is 0 Å². The largest absolute Gasteiger partial charge is 0.494 e. The van der Waals surface area contributed by atoms with E-state index < -0.39 is 17.4 Å². The van der Waals surface area contributed by atoms with E-state index in [1.807, 2.05) is 31.2 Å². The third kappa shape index (κ3) is 2.00. The van der Waals surface area contributed by atoms with Gasteiger partial charge in [-0.3, -0.25) is 4.79 Å². The Bertz CT molecular complexity index is 426. The van der Waals surface area contributed by atoms with E-state index in [4.69, 9.17) is 15.6 Å². The number of carbonyl (C=O) groups is 1. The van der Waals surface area contributed by atoms with Crippen molar-refractivity contribution in [2.24, 2.45) is 5.73 Å². The zero-order valence-corrected chi connectivity index (χ0v) is 9.85. The number of aliphatic carboxylic acids is 1. The Morgan fingerprint density at radius 3 is 2.71 bits per heavy atom. The SMILES string of the molecule is CCOc1ccccc1C1(C(N)C(=O)O)CC1. The number of para-hydroxylation sites is 1. The molecule has 4 nitrogen and oxygen atoms in total. The molecule has 1 fully saturated rings. The molecule has 1 atom stereocenters. The summed E-state index contributed by atoms with van der Waals surface area (Å²) in [5, 5.41) is 9.07. The molecule has 0 heterocycles. The summed E-state index contributed by atoms with van der Waals surface area (Å²) in [5.41, 5.74) is 6.29. The fourth-order valence-electron chi connectivity index (χ4n) is 2.28. The van der Waals surface area contributed by atoms with Gasteiger partial charge in [-0.1, -0.05) is 18.2 Å². The number of hydrogen-bond donors (Lipinski definition) is 2. The van der Waals surface area contributed by atoms with Gasteiger partial charge < -0.3 is 15.6 Å². The van der Waals surface area contributed by atoms with Crippen LogP contribution in [0.25, 0.3) is 0 Å². The van der Waals surface area contributed by atoms with Gasteiger partial charge in [-0.25, -0.2) is 0 Å². The highest BCUT2D eigenvalue weighted by Gasteiger charge is 2.53. The molecule has 0 bridgehead atoms. The number of benzene rings is 1. The lowest BCUT2D eigenvalue weighted by molar-refractivity contribution is -0.139. The summed E-state index contributed by atoms with van der Waals surface area (Å²) < 4.78 is 5.54. The van der Waals surface area contributed by atoms with Gasteiger partial charge in [0.1, 0.15) is 11.8 Å². The summed E-state index contributed by atoms with van der Waals surface area (Å²) in [6.07, 6.45) is 1.62. The maximum Gasteiger partial charge on any atom is 0.321 e. The number of carboxylic acid groups (broad SMARTS) is 1. The number of hydrogen-bond acceptors (Lipinski definition) is 3. The first-order valence-electron chi connectivity index (χ1n) is 5.82. The molecular weight excluding hydrogens is 218 g/mol. The smallest absolute Gasteiger partial charge is 0.321 e. The standard InChI is InChI=1S/C13H17NO3/c1-2-17-10-6-4-3-5-9(10)13(7-8-13)11(14)12(15)16/h3-6,11H,2,7-8,14H2,1H3,(H,15,16). The molecule has 92 valence electrons. The van der Waals surface area contributed by atoms with Crippen LogP contribution in [0.4, 0.5) is 0 Å². The van der Waals surface area contributed by atoms with Crippen LogP contribution in [0.2, 0.25) is 0 Å². The molecule has 0 spiro atoms. The predicted molar refractivity (Wildman–Crippen MR) is 64.1 cm³/mol. The van der Waals surface area contributed by atoms with E-state index in [0.717, 1.165) is 24.2 Å². The van der Waals surface area contributed by atoms with Crippen LogP contribution in [0.1, 0.15) is 25.3 Å². The van der Waals surface area contributed by atoms with Gasteiger partial charge in [0.15, 0.2) is 0 Å². The monoisotopic (exact) mass is 235 g/mol. The lowest BCUT2D eigenvalue weighted by Gasteiger charge is -2.22. The zero-order valence-electron chi connectivity index (χ0n) is 9.85. The Morgan fingerprint density at radius 2 is 2.18 bits per heavy atom. The first kappa shape index (κ1) is 11.9. The fourth-order valence-corrected chi connectivity index (χ4v) is 2.28. The van der Waals surface area contributed by atoms with Crippen LogP contribution in [0.3, 0.4) is 0 Å². The average Bonchev–Trinajstić information content (AvgIpc) is 3.10. The quantitative estimate of drug-likeness (QED) is 0.811. The minimum absolute atomic E-state index is 0.433. The second-order valence-corrected chi connectivity index (χ2v) is 4.40. The van der Waals surface area contributed by atoms with Crippen molar-refractivity contribution >= 4 is 5.97 Å². The molecule has 0 saturated heterocycles. The summed E-state index contributed by atoms with van der Waals surface area (Å²) in [6.45, 7) is 2.48. The lowest BCUT2D eigenvalue weighted by atomic mass is 9.88. The number of nitrogens with two attached hydrogens (primary N) is 1. The molecule has 0 amide bonds. The molecule has 17 heavy (non-hydrogen) atoms. The second kappa shape index (κ2) is 4.37. The minimum atomic E-state index is -0.950. The molecule has 1 aliphatic carbocycles. The van der Waals surface area contributed by atoms with Crippen LogP contribution in [0, 0.1) is 0 Å². The van der Waals surface area contributed by atoms with E-state index in [-0.39, 0.29) is 0 Å². The molecule has 2 rings (SSSR count). The molecule has 1 saturated carbocycles. The van der Waals surface area contributed by atoms with Crippen LogP contribution in [0.5, 0.6) is 5.75 Å². The third-order valence-electron chi connectivity index (χ3n) is 3.37. The van der Waals surface area contributed by atoms with Gasteiger partial charge in [0, 0.05) is 11.0 Å². The van der Waals surface area contributed by atoms with E-state index in [0.29, 0.717) is 6.61 Å². The zero-order chi connectivity index (χ0) is 12.5. The van der Waals surface area contributed by atoms with Gasteiger partial charge in [-0.05, 0) is 25.8 Å². The third-order valence-corrected chi connectivity index (χ3v) is 3.37. The molecule has 1 aliphatic rings. The number of rotatable bonds is 5. The first-order chi connectivity index (χ1) is 8.12. The van der Waals surface area contributed by atoms with E-state index in [1.54, 1.807) is 0 Å². The maximum atomic E-state index is 11.1. The molecule has 0 aromatic heterocycles. The van der Waals surface area contributed by atoms with Crippen molar-refractivity contribution < 1.29 is 14.6 Å². The van der Waals surface area contributed by atoms with Crippen LogP contribution < -0.4 is 10.5 Å². The Morgan fingerprint density at radius 1 is 1.53 bits per heavy atom. The van der Waals surface area contributed by atoms with Crippen LogP contribution in [-0.4, -0.2) is 23.7 Å². The van der Waals surface area contributed by atoms with Crippen molar-refractivity contribution in [3.8, 4) is 5.75 Å². The number of ether oxygens (including phenoxy) is 1. The second-order valence-electron chi connectivity index (χ2n) is 4.40. The van der Waals surface area contributed by atoms with E-state index in [1.165, 1.54) is 0 Å². The number of carboxylic acids is 1. The highest BCUT2D eigenvalue weighted by Crippen LogP contribution is 2.53. The van der Waals surface area contributed by atoms with Crippen LogP contribution in [-0.2, 0) is 10.2 Å². The maximum absolute atomic E-state index is 11.1. The minimum Gasteiger partial charge on any atom is -0.494 e. The lowest BCUT2D eigenvalue weighted by Crippen LogP contribution is -2.42. The van der Waals surface area contributed by atoms with Crippen molar-refractivity contribution in [1.29, 1.82) is 0 Å². The normalized spacial score (nSPS) is 18.5. The van der Waals surface area contributed by atoms with Crippen molar-refractivity contribution in [2.45, 2.75) is 31.2 Å². The Labute approximate surface area is 100 Å². The first-order valence-corrected chi connectivity index (χ1v) is 5.82. The van der Waals surface area contributed by atoms with Crippen molar-refractivity contribution in [2.75, 3.05) is 6.61 Å². The Hall–Kier alpha value is -1.55. The van der Waals surface area contributed by atoms with Crippen molar-refractivity contribution in [1.82, 2.24) is 0 Å². The van der Waals surface area contributed by atoms with Crippen LogP contribution in [0.15, 0.2) is 24.3 Å². The summed E-state index contributed by atoms with van der Waals surface area (Å²) in [4.78, 5) is 11.1. The molecule has 1 aromatic carbocycles. The van der Waals surface area contributed by atoms with Crippen molar-refractivity contribution in [3.63, 3.8) is 0 Å². The van der Waals surface area contributed by atoms with Gasteiger partial charge in [0.25, 0.3) is 0 Å². The highest BCUT2D eigenvalue weighted by molar-refractivity contribution is 5.77. The summed E-state index contributed by atoms with van der Waals surface area (Å²) in [5.74, 6) is -0.196. The molecule has 3 N–H and O–H groups in total. The summed E-state index contributed by atoms with van der Waals surface area (Å²) >= 11 is 0. The fraction of sp³-hybridized carbons (Fsp3) is 0.462. The Balaban J connectivity index is 2.36. The molecule has 0 radical (unpaired) electrons. The van der Waals surface area contributed by atoms with E-state index in [2.05, 4.69) is 0 Å². The summed E-state index contributed by atoms with van der Waals surface area (Å²) in [7, 11) is 0. The Kier molecular flexibility index (Phi) is 3.07. The highest BCUT2D eigenvalue weighted by atomic mass is 16.5. The predicted octanol–water partition coefficient (Wildman–Crippen LogP) is 1.53. The molecule has 1 unspecified atom stereocenters. The molecule has 0 aliphatic heterocycles.